The molecule has 1 fully saturated rings. The number of rotatable bonds is 8. The van der Waals surface area contributed by atoms with Crippen LogP contribution in [0.4, 0.5) is 0 Å². The molecule has 10 aliphatic rings. The van der Waals surface area contributed by atoms with Crippen molar-refractivity contribution in [1.29, 1.82) is 0 Å². The molecule has 3 aromatic rings. The molecule has 4 nitrogen and oxygen atoms in total. The van der Waals surface area contributed by atoms with E-state index >= 15 is 0 Å². The molecule has 5 heteroatoms. The lowest BCUT2D eigenvalue weighted by molar-refractivity contribution is 0.206. The van der Waals surface area contributed by atoms with Crippen LogP contribution >= 0.6 is 11.8 Å². The predicted octanol–water partition coefficient (Wildman–Crippen LogP) is 15.9. The van der Waals surface area contributed by atoms with E-state index < -0.39 is 0 Å². The summed E-state index contributed by atoms with van der Waals surface area (Å²) in [6.45, 7) is 0. The second-order valence-corrected chi connectivity index (χ2v) is 22.6. The number of nitrogens with zero attached hydrogens (tertiary/aromatic N) is 4. The van der Waals surface area contributed by atoms with Gasteiger partial charge < -0.3 is 4.90 Å². The Kier molecular flexibility index (Phi) is 11.7. The van der Waals surface area contributed by atoms with Crippen molar-refractivity contribution >= 4 is 28.5 Å². The van der Waals surface area contributed by atoms with E-state index in [2.05, 4.69) is 156 Å². The van der Waals surface area contributed by atoms with Crippen molar-refractivity contribution in [2.75, 3.05) is 0 Å². The number of allylic oxidation sites excluding steroid dienone is 19. The fourth-order valence-corrected chi connectivity index (χ4v) is 15.6. The first-order chi connectivity index (χ1) is 33.7. The van der Waals surface area contributed by atoms with Crippen LogP contribution in [-0.2, 0) is 0 Å². The zero-order chi connectivity index (χ0) is 45.0. The molecule has 1 aromatic heterocycles. The number of hydrogen-bond donors (Lipinski definition) is 0. The molecular weight excluding hydrogens is 845 g/mol. The number of thioether (sulfide) groups is 1. The first-order valence-electron chi connectivity index (χ1n) is 26.7. The fraction of sp³-hybridized carbons (Fsp3) is 0.413. The summed E-state index contributed by atoms with van der Waals surface area (Å²) in [6, 6.07) is 19.1. The highest BCUT2D eigenvalue weighted by Gasteiger charge is 2.51. The average Bonchev–Trinajstić information content (AvgIpc) is 3.95. The van der Waals surface area contributed by atoms with Crippen LogP contribution in [0.25, 0.3) is 28.1 Å². The van der Waals surface area contributed by atoms with Gasteiger partial charge in [-0.25, -0.2) is 15.0 Å². The van der Waals surface area contributed by atoms with Gasteiger partial charge in [-0.3, -0.25) is 0 Å². The summed E-state index contributed by atoms with van der Waals surface area (Å²) in [5.74, 6) is 6.28. The Hall–Kier alpha value is -5.26. The normalized spacial score (nSPS) is 31.6. The molecule has 9 unspecified atom stereocenters. The lowest BCUT2D eigenvalue weighted by Gasteiger charge is -2.40. The smallest absolute Gasteiger partial charge is 0.164 e. The van der Waals surface area contributed by atoms with Crippen LogP contribution in [0, 0.1) is 35.5 Å². The zero-order valence-corrected chi connectivity index (χ0v) is 40.5. The molecule has 0 spiro atoms. The zero-order valence-electron chi connectivity index (χ0n) is 39.7. The maximum atomic E-state index is 5.56. The van der Waals surface area contributed by atoms with Crippen molar-refractivity contribution in [3.8, 4) is 11.4 Å². The second kappa shape index (κ2) is 18.6. The van der Waals surface area contributed by atoms with Gasteiger partial charge in [0.25, 0.3) is 0 Å². The van der Waals surface area contributed by atoms with Crippen molar-refractivity contribution in [1.82, 2.24) is 19.9 Å². The molecule has 0 radical (unpaired) electrons. The van der Waals surface area contributed by atoms with E-state index in [0.29, 0.717) is 53.5 Å². The van der Waals surface area contributed by atoms with Gasteiger partial charge in [-0.15, -0.1) is 0 Å². The van der Waals surface area contributed by atoms with Crippen molar-refractivity contribution < 1.29 is 0 Å². The van der Waals surface area contributed by atoms with Gasteiger partial charge in [-0.2, -0.15) is 0 Å². The summed E-state index contributed by atoms with van der Waals surface area (Å²) >= 11 is 2.06. The summed E-state index contributed by atoms with van der Waals surface area (Å²) in [4.78, 5) is 22.3. The topological polar surface area (TPSA) is 41.9 Å². The van der Waals surface area contributed by atoms with Gasteiger partial charge in [-0.1, -0.05) is 145 Å². The van der Waals surface area contributed by atoms with E-state index in [1.165, 1.54) is 96.9 Å². The molecule has 13 rings (SSSR count). The molecule has 2 aliphatic heterocycles. The molecule has 2 aromatic carbocycles. The third-order valence-corrected chi connectivity index (χ3v) is 18.9. The Morgan fingerprint density at radius 2 is 1.59 bits per heavy atom. The minimum absolute atomic E-state index is 0.372. The molecular formula is C63H66N4S. The van der Waals surface area contributed by atoms with Crippen LogP contribution in [-0.4, -0.2) is 31.9 Å². The molecule has 0 saturated carbocycles. The van der Waals surface area contributed by atoms with Gasteiger partial charge in [0.05, 0.1) is 6.04 Å². The van der Waals surface area contributed by atoms with E-state index in [4.69, 9.17) is 15.0 Å². The first kappa shape index (κ1) is 42.8. The third kappa shape index (κ3) is 7.99. The van der Waals surface area contributed by atoms with E-state index in [-0.39, 0.29) is 0 Å². The molecule has 3 heterocycles. The molecule has 0 N–H and O–H groups in total. The highest BCUT2D eigenvalue weighted by atomic mass is 32.2. The molecule has 0 bridgehead atoms. The van der Waals surface area contributed by atoms with Crippen LogP contribution in [0.2, 0.25) is 0 Å². The standard InChI is InChI=1S/C63H66N4S/c1-6-18-41(19-7-1)45-30-33-49(42-20-8-2-9-21-42)52(36-45)47-31-34-50(56(38-47)63-65-61(43-22-10-3-11-23-43)64-62(66-63)44-24-12-4-13-25-44)46-32-35-59-54(37-46)55-39-58-53(40-60(55)68-59)51-28-16-17-29-57(51)67(58)48-26-14-5-15-27-48/h1,3,5-6,8,10-11,14-15,20-24,26,29-32,34-35,37,40-41,47-49,51-53,55,58H,2,4,7,9,12-13,16-19,25,27-28,33,36,38-39H2. The molecule has 8 aliphatic carbocycles. The fourth-order valence-electron chi connectivity index (χ4n) is 14.3. The SMILES string of the molecule is C1=CCC(N2C3=CCCCC3C3C=C4Sc5ccc(C6=C(c7nc(C8=CCCCC8)nc(-c8ccccc8)n7)CC(C7CC(C8CC=CCC8)=CCC7C7=CCCC=C7)C=C6)cc5C4CC32)C=C1. The lowest BCUT2D eigenvalue weighted by atomic mass is 9.64. The number of likely N-dealkylation sites (tertiary alicyclic amines) is 1. The number of hydrogen-bond acceptors (Lipinski definition) is 5. The van der Waals surface area contributed by atoms with Gasteiger partial charge >= 0.3 is 0 Å². The van der Waals surface area contributed by atoms with Gasteiger partial charge in [-0.05, 0) is 178 Å². The van der Waals surface area contributed by atoms with Gasteiger partial charge in [0, 0.05) is 45.5 Å². The molecule has 0 amide bonds. The third-order valence-electron chi connectivity index (χ3n) is 17.6. The molecule has 68 heavy (non-hydrogen) atoms. The van der Waals surface area contributed by atoms with Crippen molar-refractivity contribution in [2.45, 2.75) is 132 Å². The molecule has 344 valence electrons. The van der Waals surface area contributed by atoms with Crippen LogP contribution in [0.5, 0.6) is 0 Å². The Balaban J connectivity index is 0.913. The number of fused-ring (bicyclic) bond motifs is 6. The molecule has 1 saturated heterocycles. The van der Waals surface area contributed by atoms with Crippen LogP contribution in [0.1, 0.15) is 138 Å². The average molecular weight is 911 g/mol. The largest absolute Gasteiger partial charge is 0.364 e. The molecule has 9 atom stereocenters. The van der Waals surface area contributed by atoms with E-state index in [1.54, 1.807) is 21.7 Å². The van der Waals surface area contributed by atoms with Crippen LogP contribution in [0.15, 0.2) is 166 Å². The van der Waals surface area contributed by atoms with E-state index in [1.807, 2.05) is 0 Å². The minimum Gasteiger partial charge on any atom is -0.364 e. The summed E-state index contributed by atoms with van der Waals surface area (Å²) in [5, 5.41) is 0. The quantitative estimate of drug-likeness (QED) is 0.211. The van der Waals surface area contributed by atoms with Gasteiger partial charge in [0.1, 0.15) is 0 Å². The highest BCUT2D eigenvalue weighted by Crippen LogP contribution is 2.60. The summed E-state index contributed by atoms with van der Waals surface area (Å²) < 4.78 is 0. The van der Waals surface area contributed by atoms with E-state index in [0.717, 1.165) is 68.0 Å². The van der Waals surface area contributed by atoms with E-state index in [9.17, 15) is 0 Å². The minimum atomic E-state index is 0.372. The monoisotopic (exact) mass is 911 g/mol. The van der Waals surface area contributed by atoms with Crippen LogP contribution in [0.3, 0.4) is 0 Å². The Bertz CT molecular complexity index is 2820. The number of benzene rings is 2. The number of aromatic nitrogens is 3. The maximum Gasteiger partial charge on any atom is 0.164 e. The van der Waals surface area contributed by atoms with Gasteiger partial charge in [0.2, 0.25) is 0 Å². The maximum absolute atomic E-state index is 5.56. The summed E-state index contributed by atoms with van der Waals surface area (Å²) in [6.07, 6.45) is 57.2. The van der Waals surface area contributed by atoms with Crippen molar-refractivity contribution in [2.24, 2.45) is 35.5 Å². The Morgan fingerprint density at radius 3 is 2.44 bits per heavy atom. The highest BCUT2D eigenvalue weighted by molar-refractivity contribution is 8.03. The summed E-state index contributed by atoms with van der Waals surface area (Å²) in [7, 11) is 0. The van der Waals surface area contributed by atoms with Crippen molar-refractivity contribution in [3.05, 3.63) is 184 Å². The predicted molar refractivity (Wildman–Crippen MR) is 282 cm³/mol. The van der Waals surface area contributed by atoms with Gasteiger partial charge in [0.15, 0.2) is 17.5 Å². The Morgan fingerprint density at radius 1 is 0.662 bits per heavy atom. The summed E-state index contributed by atoms with van der Waals surface area (Å²) in [5.41, 5.74) is 12.7. The van der Waals surface area contributed by atoms with Crippen LogP contribution < -0.4 is 0 Å². The lowest BCUT2D eigenvalue weighted by Crippen LogP contribution is -2.41. The second-order valence-electron chi connectivity index (χ2n) is 21.5. The first-order valence-corrected chi connectivity index (χ1v) is 27.5. The van der Waals surface area contributed by atoms with Crippen molar-refractivity contribution in [3.63, 3.8) is 0 Å². The Labute approximate surface area is 409 Å².